The highest BCUT2D eigenvalue weighted by atomic mass is 16.2. The van der Waals surface area contributed by atoms with Gasteiger partial charge in [0.1, 0.15) is 0 Å². The molecule has 2 aliphatic carbocycles. The van der Waals surface area contributed by atoms with Gasteiger partial charge in [0.05, 0.1) is 5.41 Å². The molecule has 0 aromatic carbocycles. The maximum absolute atomic E-state index is 12.6. The third kappa shape index (κ3) is 4.64. The van der Waals surface area contributed by atoms with Gasteiger partial charge in [-0.3, -0.25) is 4.79 Å². The lowest BCUT2D eigenvalue weighted by Crippen LogP contribution is -2.54. The number of amides is 3. The van der Waals surface area contributed by atoms with Crippen LogP contribution in [0, 0.1) is 11.3 Å². The van der Waals surface area contributed by atoms with Crippen molar-refractivity contribution in [3.63, 3.8) is 0 Å². The standard InChI is InChI=1S/C22H38N4O2/c23-20(27)22(16-17-6-7-17)10-14-25(15-11-22)19-8-12-26(13-9-19)21(28)24-18-4-2-1-3-5-18/h17-19H,1-16H2,(H2,23,27)(H,24,28). The Labute approximate surface area is 169 Å². The molecule has 4 rings (SSSR count). The van der Waals surface area contributed by atoms with Crippen molar-refractivity contribution in [2.75, 3.05) is 26.2 Å². The molecule has 0 spiro atoms. The summed E-state index contributed by atoms with van der Waals surface area (Å²) in [7, 11) is 0. The predicted octanol–water partition coefficient (Wildman–Crippen LogP) is 2.86. The fourth-order valence-electron chi connectivity index (χ4n) is 5.69. The van der Waals surface area contributed by atoms with E-state index in [0.29, 0.717) is 12.1 Å². The molecule has 2 aliphatic heterocycles. The number of hydrogen-bond donors (Lipinski definition) is 2. The average Bonchev–Trinajstić information content (AvgIpc) is 3.53. The highest BCUT2D eigenvalue weighted by Crippen LogP contribution is 2.46. The topological polar surface area (TPSA) is 78.7 Å². The second kappa shape index (κ2) is 8.60. The molecular formula is C22H38N4O2. The van der Waals surface area contributed by atoms with Gasteiger partial charge >= 0.3 is 6.03 Å². The van der Waals surface area contributed by atoms with E-state index in [0.717, 1.165) is 77.0 Å². The van der Waals surface area contributed by atoms with E-state index in [2.05, 4.69) is 10.2 Å². The van der Waals surface area contributed by atoms with E-state index in [1.165, 1.54) is 32.1 Å². The highest BCUT2D eigenvalue weighted by molar-refractivity contribution is 5.81. The zero-order valence-corrected chi connectivity index (χ0v) is 17.3. The van der Waals surface area contributed by atoms with Crippen LogP contribution < -0.4 is 11.1 Å². The summed E-state index contributed by atoms with van der Waals surface area (Å²) >= 11 is 0. The second-order valence-electron chi connectivity index (χ2n) is 9.83. The van der Waals surface area contributed by atoms with Crippen molar-refractivity contribution in [2.24, 2.45) is 17.1 Å². The van der Waals surface area contributed by atoms with Crippen LogP contribution in [0.3, 0.4) is 0 Å². The predicted molar refractivity (Wildman–Crippen MR) is 110 cm³/mol. The van der Waals surface area contributed by atoms with Gasteiger partial charge in [-0.2, -0.15) is 0 Å². The molecule has 0 unspecified atom stereocenters. The van der Waals surface area contributed by atoms with Gasteiger partial charge in [0.2, 0.25) is 5.91 Å². The molecule has 2 heterocycles. The minimum Gasteiger partial charge on any atom is -0.369 e. The number of hydrogen-bond acceptors (Lipinski definition) is 3. The zero-order valence-electron chi connectivity index (χ0n) is 17.3. The molecule has 0 aromatic rings. The molecule has 6 nitrogen and oxygen atoms in total. The van der Waals surface area contributed by atoms with E-state index in [-0.39, 0.29) is 17.4 Å². The number of piperidine rings is 2. The van der Waals surface area contributed by atoms with Crippen molar-refractivity contribution in [2.45, 2.75) is 89.1 Å². The number of primary amides is 1. The van der Waals surface area contributed by atoms with Crippen molar-refractivity contribution in [3.05, 3.63) is 0 Å². The number of rotatable bonds is 5. The first-order valence-electron chi connectivity index (χ1n) is 11.7. The number of nitrogens with two attached hydrogens (primary N) is 1. The summed E-state index contributed by atoms with van der Waals surface area (Å²) < 4.78 is 0. The normalized spacial score (nSPS) is 27.5. The van der Waals surface area contributed by atoms with E-state index in [1.807, 2.05) is 4.90 Å². The molecule has 2 saturated heterocycles. The molecule has 0 bridgehead atoms. The van der Waals surface area contributed by atoms with E-state index in [9.17, 15) is 9.59 Å². The molecule has 2 saturated carbocycles. The zero-order chi connectivity index (χ0) is 19.6. The molecule has 3 amide bonds. The molecule has 3 N–H and O–H groups in total. The average molecular weight is 391 g/mol. The van der Waals surface area contributed by atoms with E-state index < -0.39 is 0 Å². The van der Waals surface area contributed by atoms with Crippen LogP contribution in [0.15, 0.2) is 0 Å². The molecule has 0 aromatic heterocycles. The molecular weight excluding hydrogens is 352 g/mol. The summed E-state index contributed by atoms with van der Waals surface area (Å²) in [5.74, 6) is 0.665. The number of urea groups is 1. The first kappa shape index (κ1) is 20.0. The van der Waals surface area contributed by atoms with Gasteiger partial charge in [-0.25, -0.2) is 4.79 Å². The first-order valence-corrected chi connectivity index (χ1v) is 11.7. The van der Waals surface area contributed by atoms with Gasteiger partial charge in [-0.15, -0.1) is 0 Å². The van der Waals surface area contributed by atoms with Gasteiger partial charge < -0.3 is 20.9 Å². The largest absolute Gasteiger partial charge is 0.369 e. The Bertz CT molecular complexity index is 555. The Kier molecular flexibility index (Phi) is 6.14. The molecule has 4 fully saturated rings. The van der Waals surface area contributed by atoms with E-state index >= 15 is 0 Å². The molecule has 4 aliphatic rings. The third-order valence-corrected chi connectivity index (χ3v) is 7.86. The summed E-state index contributed by atoms with van der Waals surface area (Å²) in [6.45, 7) is 3.66. The minimum atomic E-state index is -0.252. The van der Waals surface area contributed by atoms with Gasteiger partial charge in [-0.1, -0.05) is 32.1 Å². The summed E-state index contributed by atoms with van der Waals surface area (Å²) in [6, 6.07) is 1.07. The summed E-state index contributed by atoms with van der Waals surface area (Å²) in [4.78, 5) is 29.3. The van der Waals surface area contributed by atoms with Crippen LogP contribution >= 0.6 is 0 Å². The van der Waals surface area contributed by atoms with E-state index in [1.54, 1.807) is 0 Å². The second-order valence-corrected chi connectivity index (χ2v) is 9.83. The number of carbonyl (C=O) groups is 2. The summed E-state index contributed by atoms with van der Waals surface area (Å²) in [5, 5.41) is 3.25. The number of carbonyl (C=O) groups excluding carboxylic acids is 2. The third-order valence-electron chi connectivity index (χ3n) is 7.86. The van der Waals surface area contributed by atoms with Crippen molar-refractivity contribution in [1.29, 1.82) is 0 Å². The van der Waals surface area contributed by atoms with Crippen molar-refractivity contribution in [1.82, 2.24) is 15.1 Å². The van der Waals surface area contributed by atoms with Crippen LogP contribution in [0.25, 0.3) is 0 Å². The molecule has 0 atom stereocenters. The first-order chi connectivity index (χ1) is 13.6. The van der Waals surface area contributed by atoms with Crippen molar-refractivity contribution >= 4 is 11.9 Å². The Morgan fingerprint density at radius 1 is 0.893 bits per heavy atom. The monoisotopic (exact) mass is 390 g/mol. The Balaban J connectivity index is 1.22. The molecule has 158 valence electrons. The Hall–Kier alpha value is -1.30. The lowest BCUT2D eigenvalue weighted by molar-refractivity contribution is -0.132. The van der Waals surface area contributed by atoms with Crippen molar-refractivity contribution < 1.29 is 9.59 Å². The Morgan fingerprint density at radius 3 is 2.11 bits per heavy atom. The summed E-state index contributed by atoms with van der Waals surface area (Å²) in [5.41, 5.74) is 5.57. The number of likely N-dealkylation sites (tertiary alicyclic amines) is 2. The number of nitrogens with zero attached hydrogens (tertiary/aromatic N) is 2. The van der Waals surface area contributed by atoms with Crippen LogP contribution in [0.5, 0.6) is 0 Å². The molecule has 0 radical (unpaired) electrons. The van der Waals surface area contributed by atoms with Crippen LogP contribution in [0.4, 0.5) is 4.79 Å². The van der Waals surface area contributed by atoms with Gasteiger partial charge in [0, 0.05) is 25.2 Å². The highest BCUT2D eigenvalue weighted by Gasteiger charge is 2.44. The quantitative estimate of drug-likeness (QED) is 0.758. The fourth-order valence-corrected chi connectivity index (χ4v) is 5.69. The molecule has 28 heavy (non-hydrogen) atoms. The number of nitrogens with one attached hydrogen (secondary N) is 1. The van der Waals surface area contributed by atoms with E-state index in [4.69, 9.17) is 5.73 Å². The maximum Gasteiger partial charge on any atom is 0.317 e. The maximum atomic E-state index is 12.6. The van der Waals surface area contributed by atoms with Crippen LogP contribution in [0.2, 0.25) is 0 Å². The van der Waals surface area contributed by atoms with Gasteiger partial charge in [-0.05, 0) is 64.0 Å². The fraction of sp³-hybridized carbons (Fsp3) is 0.909. The molecule has 6 heteroatoms. The van der Waals surface area contributed by atoms with Gasteiger partial charge in [0.15, 0.2) is 0 Å². The van der Waals surface area contributed by atoms with Gasteiger partial charge in [0.25, 0.3) is 0 Å². The van der Waals surface area contributed by atoms with Crippen LogP contribution in [-0.4, -0.2) is 60.0 Å². The smallest absolute Gasteiger partial charge is 0.317 e. The SMILES string of the molecule is NC(=O)C1(CC2CC2)CCN(C2CCN(C(=O)NC3CCCCC3)CC2)CC1. The van der Waals surface area contributed by atoms with Crippen LogP contribution in [-0.2, 0) is 4.79 Å². The Morgan fingerprint density at radius 2 is 1.54 bits per heavy atom. The lowest BCUT2D eigenvalue weighted by atomic mass is 9.73. The minimum absolute atomic E-state index is 0.0757. The van der Waals surface area contributed by atoms with Crippen molar-refractivity contribution in [3.8, 4) is 0 Å². The lowest BCUT2D eigenvalue weighted by Gasteiger charge is -2.45. The van der Waals surface area contributed by atoms with Crippen LogP contribution in [0.1, 0.15) is 77.0 Å². The summed E-state index contributed by atoms with van der Waals surface area (Å²) in [6.07, 6.45) is 13.6.